The first-order valence-corrected chi connectivity index (χ1v) is 11.4. The van der Waals surface area contributed by atoms with Crippen molar-refractivity contribution in [3.63, 3.8) is 0 Å². The van der Waals surface area contributed by atoms with Crippen molar-refractivity contribution in [3.05, 3.63) is 35.7 Å². The second-order valence-corrected chi connectivity index (χ2v) is 8.95. The Balaban J connectivity index is 1.66. The van der Waals surface area contributed by atoms with Gasteiger partial charge in [-0.1, -0.05) is 31.4 Å². The number of hydrogen-bond donors (Lipinski definition) is 2. The summed E-state index contributed by atoms with van der Waals surface area (Å²) >= 11 is 0. The Bertz CT molecular complexity index is 756. The lowest BCUT2D eigenvalue weighted by molar-refractivity contribution is -1.02. The Hall–Kier alpha value is -1.99. The molecule has 29 heavy (non-hydrogen) atoms. The van der Waals surface area contributed by atoms with Crippen LogP contribution in [0, 0.1) is 0 Å². The van der Waals surface area contributed by atoms with Crippen LogP contribution < -0.4 is 14.7 Å². The third-order valence-corrected chi connectivity index (χ3v) is 6.95. The van der Waals surface area contributed by atoms with Gasteiger partial charge >= 0.3 is 0 Å². The van der Waals surface area contributed by atoms with E-state index in [4.69, 9.17) is 0 Å². The summed E-state index contributed by atoms with van der Waals surface area (Å²) in [5.41, 5.74) is 2.56. The number of rotatable bonds is 6. The molecular formula is C22H37N7+2. The van der Waals surface area contributed by atoms with Crippen LogP contribution in [0.2, 0.25) is 0 Å². The normalized spacial score (nSPS) is 24.4. The molecule has 0 spiro atoms. The summed E-state index contributed by atoms with van der Waals surface area (Å²) in [6.07, 6.45) is 6.33. The Morgan fingerprint density at radius 1 is 1.03 bits per heavy atom. The molecule has 2 aliphatic rings. The van der Waals surface area contributed by atoms with Gasteiger partial charge in [-0.3, -0.25) is 0 Å². The molecule has 2 heterocycles. The molecule has 1 aromatic heterocycles. The molecular weight excluding hydrogens is 362 g/mol. The molecule has 7 nitrogen and oxygen atoms in total. The minimum Gasteiger partial charge on any atom is -0.378 e. The second kappa shape index (κ2) is 9.22. The van der Waals surface area contributed by atoms with Gasteiger partial charge in [0.15, 0.2) is 6.04 Å². The number of nitrogens with zero attached hydrogens (tertiary/aromatic N) is 5. The maximum atomic E-state index is 4.60. The largest absolute Gasteiger partial charge is 0.378 e. The fraction of sp³-hybridized carbons (Fsp3) is 0.682. The van der Waals surface area contributed by atoms with E-state index in [0.29, 0.717) is 6.04 Å². The highest BCUT2D eigenvalue weighted by Crippen LogP contribution is 2.30. The number of quaternary nitrogens is 2. The van der Waals surface area contributed by atoms with Crippen LogP contribution in [0.15, 0.2) is 24.3 Å². The summed E-state index contributed by atoms with van der Waals surface area (Å²) in [5.74, 6) is 1.06. The zero-order valence-electron chi connectivity index (χ0n) is 18.3. The van der Waals surface area contributed by atoms with Gasteiger partial charge in [0.2, 0.25) is 5.82 Å². The summed E-state index contributed by atoms with van der Waals surface area (Å²) in [5, 5.41) is 13.2. The van der Waals surface area contributed by atoms with Crippen molar-refractivity contribution in [2.24, 2.45) is 0 Å². The molecule has 4 rings (SSSR count). The molecule has 1 saturated heterocycles. The molecule has 0 bridgehead atoms. The Kier molecular flexibility index (Phi) is 6.45. The Morgan fingerprint density at radius 2 is 1.72 bits per heavy atom. The van der Waals surface area contributed by atoms with Gasteiger partial charge in [0.25, 0.3) is 0 Å². The Labute approximate surface area is 174 Å². The molecule has 1 aliphatic carbocycles. The summed E-state index contributed by atoms with van der Waals surface area (Å²) < 4.78 is 2.18. The first-order valence-electron chi connectivity index (χ1n) is 11.4. The summed E-state index contributed by atoms with van der Waals surface area (Å²) in [4.78, 5) is 5.47. The van der Waals surface area contributed by atoms with Gasteiger partial charge in [0.1, 0.15) is 26.2 Å². The van der Waals surface area contributed by atoms with Crippen molar-refractivity contribution >= 4 is 5.69 Å². The van der Waals surface area contributed by atoms with Gasteiger partial charge in [0.05, 0.1) is 12.6 Å². The minimum absolute atomic E-state index is 0.210. The highest BCUT2D eigenvalue weighted by molar-refractivity contribution is 5.46. The van der Waals surface area contributed by atoms with Crippen LogP contribution >= 0.6 is 0 Å². The number of benzene rings is 1. The quantitative estimate of drug-likeness (QED) is 0.726. The van der Waals surface area contributed by atoms with E-state index in [1.54, 1.807) is 9.80 Å². The first kappa shape index (κ1) is 20.3. The molecule has 0 radical (unpaired) electrons. The fourth-order valence-electron chi connectivity index (χ4n) is 5.08. The minimum atomic E-state index is 0.210. The van der Waals surface area contributed by atoms with Gasteiger partial charge in [-0.2, -0.15) is 0 Å². The number of piperazine rings is 1. The van der Waals surface area contributed by atoms with Crippen molar-refractivity contribution in [1.82, 2.24) is 20.2 Å². The van der Waals surface area contributed by atoms with Crippen molar-refractivity contribution in [1.29, 1.82) is 0 Å². The number of tetrazole rings is 1. The van der Waals surface area contributed by atoms with Crippen molar-refractivity contribution in [3.8, 4) is 0 Å². The summed E-state index contributed by atoms with van der Waals surface area (Å²) in [7, 11) is 4.18. The second-order valence-electron chi connectivity index (χ2n) is 8.95. The predicted molar refractivity (Wildman–Crippen MR) is 114 cm³/mol. The van der Waals surface area contributed by atoms with E-state index < -0.39 is 0 Å². The third-order valence-electron chi connectivity index (χ3n) is 6.95. The number of hydrogen-bond acceptors (Lipinski definition) is 4. The molecule has 1 atom stereocenters. The Morgan fingerprint density at radius 3 is 2.34 bits per heavy atom. The molecule has 2 aromatic rings. The van der Waals surface area contributed by atoms with E-state index in [0.717, 1.165) is 5.82 Å². The van der Waals surface area contributed by atoms with Crippen LogP contribution in [0.1, 0.15) is 62.5 Å². The zero-order chi connectivity index (χ0) is 20.2. The topological polar surface area (TPSA) is 55.7 Å². The molecule has 7 heteroatoms. The van der Waals surface area contributed by atoms with Crippen LogP contribution in [0.25, 0.3) is 0 Å². The number of nitrogens with one attached hydrogen (secondary N) is 2. The average molecular weight is 400 g/mol. The van der Waals surface area contributed by atoms with Gasteiger partial charge in [0, 0.05) is 25.3 Å². The molecule has 158 valence electrons. The molecule has 2 N–H and O–H groups in total. The molecule has 2 fully saturated rings. The van der Waals surface area contributed by atoms with E-state index in [9.17, 15) is 0 Å². The SMILES string of the molecule is CC[NH+]1CC[NH+]([C@@H](c2ccc(N(C)C)cc2)c2nnnn2C2CCCCC2)CC1. The number of anilines is 1. The van der Waals surface area contributed by atoms with Crippen molar-refractivity contribution < 1.29 is 9.80 Å². The monoisotopic (exact) mass is 399 g/mol. The standard InChI is InChI=1S/C22H35N7/c1-4-27-14-16-28(17-15-27)21(18-10-12-19(13-11-18)26(2)3)22-23-24-25-29(22)20-8-6-5-7-9-20/h10-13,20-21H,4-9,14-17H2,1-3H3/p+2/t21-/m0/s1. The van der Waals surface area contributed by atoms with Crippen LogP contribution in [-0.4, -0.2) is 67.0 Å². The third kappa shape index (κ3) is 4.46. The van der Waals surface area contributed by atoms with Crippen molar-refractivity contribution in [2.75, 3.05) is 51.7 Å². The maximum Gasteiger partial charge on any atom is 0.214 e. The average Bonchev–Trinajstić information content (AvgIpc) is 3.25. The van der Waals surface area contributed by atoms with Gasteiger partial charge in [-0.25, -0.2) is 4.68 Å². The lowest BCUT2D eigenvalue weighted by Crippen LogP contribution is -3.28. The molecule has 0 unspecified atom stereocenters. The molecule has 1 saturated carbocycles. The van der Waals surface area contributed by atoms with E-state index in [2.05, 4.69) is 70.4 Å². The van der Waals surface area contributed by atoms with E-state index in [-0.39, 0.29) is 6.04 Å². The lowest BCUT2D eigenvalue weighted by atomic mass is 9.95. The zero-order valence-corrected chi connectivity index (χ0v) is 18.3. The summed E-state index contributed by atoms with van der Waals surface area (Å²) in [6.45, 7) is 8.30. The van der Waals surface area contributed by atoms with E-state index >= 15 is 0 Å². The van der Waals surface area contributed by atoms with E-state index in [1.165, 1.54) is 76.1 Å². The number of likely N-dealkylation sites (N-methyl/N-ethyl adjacent to an activating group) is 1. The van der Waals surface area contributed by atoms with E-state index in [1.807, 2.05) is 0 Å². The molecule has 0 amide bonds. The molecule has 1 aromatic carbocycles. The van der Waals surface area contributed by atoms with Gasteiger partial charge in [-0.15, -0.1) is 5.10 Å². The van der Waals surface area contributed by atoms with Gasteiger partial charge in [-0.05, 0) is 42.3 Å². The maximum absolute atomic E-state index is 4.60. The van der Waals surface area contributed by atoms with Crippen LogP contribution in [0.4, 0.5) is 5.69 Å². The lowest BCUT2D eigenvalue weighted by Gasteiger charge is -2.34. The highest BCUT2D eigenvalue weighted by atomic mass is 15.6. The fourth-order valence-corrected chi connectivity index (χ4v) is 5.08. The van der Waals surface area contributed by atoms with Crippen LogP contribution in [0.5, 0.6) is 0 Å². The smallest absolute Gasteiger partial charge is 0.214 e. The van der Waals surface area contributed by atoms with Crippen LogP contribution in [0.3, 0.4) is 0 Å². The predicted octanol–water partition coefficient (Wildman–Crippen LogP) is 0.137. The number of aromatic nitrogens is 4. The van der Waals surface area contributed by atoms with Crippen LogP contribution in [-0.2, 0) is 0 Å². The van der Waals surface area contributed by atoms with Gasteiger partial charge < -0.3 is 14.7 Å². The first-order chi connectivity index (χ1) is 14.2. The molecule has 1 aliphatic heterocycles. The van der Waals surface area contributed by atoms with Crippen molar-refractivity contribution in [2.45, 2.75) is 51.1 Å². The highest BCUT2D eigenvalue weighted by Gasteiger charge is 2.36. The summed E-state index contributed by atoms with van der Waals surface area (Å²) in [6, 6.07) is 9.69.